The number of anilines is 2. The highest BCUT2D eigenvalue weighted by atomic mass is 35.5. The first kappa shape index (κ1) is 43.9. The van der Waals surface area contributed by atoms with Gasteiger partial charge in [-0.05, 0) is 79.3 Å². The number of rotatable bonds is 11. The van der Waals surface area contributed by atoms with Gasteiger partial charge in [0.05, 0.1) is 31.2 Å². The van der Waals surface area contributed by atoms with Gasteiger partial charge in [0.1, 0.15) is 5.60 Å². The Hall–Kier alpha value is -5.20. The van der Waals surface area contributed by atoms with Crippen LogP contribution in [0.5, 0.6) is 0 Å². The quantitative estimate of drug-likeness (QED) is 0.0887. The average molecular weight is 852 g/mol. The van der Waals surface area contributed by atoms with Crippen molar-refractivity contribution in [2.75, 3.05) is 16.3 Å². The number of hydrogen-bond donors (Lipinski definition) is 1. The maximum absolute atomic E-state index is 15.1. The van der Waals surface area contributed by atoms with E-state index in [1.807, 2.05) is 39.0 Å². The van der Waals surface area contributed by atoms with Gasteiger partial charge in [-0.2, -0.15) is 4.31 Å². The summed E-state index contributed by atoms with van der Waals surface area (Å²) >= 11 is 5.98. The molecule has 19 heteroatoms. The molecule has 1 N–H and O–H groups in total. The smallest absolute Gasteiger partial charge is 0.427 e. The summed E-state index contributed by atoms with van der Waals surface area (Å²) in [6, 6.07) is 11.1. The maximum atomic E-state index is 15.1. The SMILES string of the molecule is CC(C)(C)OC(=O)N(C(=O)O)c1ncc(N(Cc2cc(C3CC3)cc(C(C)(C)C)c2)C(=O)CN(Cc2ccc(Cl)cc2)S(=O)(=O)c2c(F)c(F)c(F)c(F)c2F)cn1. The van der Waals surface area contributed by atoms with Crippen LogP contribution in [0, 0.1) is 29.1 Å². The molecule has 0 atom stereocenters. The second kappa shape index (κ2) is 16.6. The van der Waals surface area contributed by atoms with Crippen LogP contribution < -0.4 is 9.80 Å². The van der Waals surface area contributed by atoms with E-state index in [1.165, 1.54) is 45.0 Å². The minimum atomic E-state index is -5.70. The maximum Gasteiger partial charge on any atom is 0.427 e. The van der Waals surface area contributed by atoms with Gasteiger partial charge in [0, 0.05) is 11.6 Å². The Bertz CT molecular complexity index is 2320. The lowest BCUT2D eigenvalue weighted by Gasteiger charge is -2.29. The number of hydrogen-bond acceptors (Lipinski definition) is 8. The van der Waals surface area contributed by atoms with Gasteiger partial charge >= 0.3 is 12.2 Å². The molecule has 1 heterocycles. The Balaban J connectivity index is 1.63. The molecule has 1 saturated carbocycles. The summed E-state index contributed by atoms with van der Waals surface area (Å²) in [4.78, 5) is 46.3. The van der Waals surface area contributed by atoms with Crippen LogP contribution in [0.4, 0.5) is 43.2 Å². The third-order valence-corrected chi connectivity index (χ3v) is 10.9. The topological polar surface area (TPSA) is 150 Å². The summed E-state index contributed by atoms with van der Waals surface area (Å²) in [6.45, 7) is 8.12. The monoisotopic (exact) mass is 851 g/mol. The molecule has 0 saturated heterocycles. The highest BCUT2D eigenvalue weighted by Gasteiger charge is 2.39. The van der Waals surface area contributed by atoms with E-state index in [2.05, 4.69) is 9.97 Å². The fraction of sp³-hybridized carbons (Fsp3) is 0.359. The lowest BCUT2D eigenvalue weighted by atomic mass is 9.84. The van der Waals surface area contributed by atoms with Crippen LogP contribution in [0.2, 0.25) is 5.02 Å². The number of nitrogens with zero attached hydrogens (tertiary/aromatic N) is 5. The van der Waals surface area contributed by atoms with Crippen LogP contribution in [0.1, 0.15) is 82.6 Å². The van der Waals surface area contributed by atoms with E-state index >= 15 is 8.78 Å². The van der Waals surface area contributed by atoms with E-state index in [9.17, 15) is 41.1 Å². The Morgan fingerprint density at radius 1 is 0.828 bits per heavy atom. The van der Waals surface area contributed by atoms with Crippen LogP contribution in [0.25, 0.3) is 0 Å². The fourth-order valence-corrected chi connectivity index (χ4v) is 7.33. The minimum absolute atomic E-state index is 0.117. The number of imide groups is 1. The molecule has 4 aromatic rings. The van der Waals surface area contributed by atoms with Crippen LogP contribution in [0.3, 0.4) is 0 Å². The molecule has 3 amide bonds. The van der Waals surface area contributed by atoms with Crippen molar-refractivity contribution in [2.45, 2.75) is 89.3 Å². The number of benzene rings is 3. The molecule has 58 heavy (non-hydrogen) atoms. The van der Waals surface area contributed by atoms with Gasteiger partial charge in [-0.1, -0.05) is 62.7 Å². The van der Waals surface area contributed by atoms with E-state index in [-0.39, 0.29) is 43.4 Å². The zero-order valence-corrected chi connectivity index (χ0v) is 33.7. The molecule has 0 aliphatic heterocycles. The first-order chi connectivity index (χ1) is 26.9. The van der Waals surface area contributed by atoms with E-state index in [0.717, 1.165) is 41.3 Å². The molecule has 12 nitrogen and oxygen atoms in total. The van der Waals surface area contributed by atoms with E-state index < -0.39 is 86.7 Å². The van der Waals surface area contributed by atoms with Crippen molar-refractivity contribution in [2.24, 2.45) is 0 Å². The summed E-state index contributed by atoms with van der Waals surface area (Å²) in [6.07, 6.45) is 0.701. The van der Waals surface area contributed by atoms with Crippen molar-refractivity contribution in [1.29, 1.82) is 0 Å². The van der Waals surface area contributed by atoms with Crippen molar-refractivity contribution in [3.8, 4) is 0 Å². The predicted molar refractivity (Wildman–Crippen MR) is 202 cm³/mol. The average Bonchev–Trinajstić information content (AvgIpc) is 3.98. The third kappa shape index (κ3) is 9.90. The van der Waals surface area contributed by atoms with E-state index in [1.54, 1.807) is 0 Å². The van der Waals surface area contributed by atoms with Crippen molar-refractivity contribution in [3.63, 3.8) is 0 Å². The predicted octanol–water partition coefficient (Wildman–Crippen LogP) is 8.84. The lowest BCUT2D eigenvalue weighted by molar-refractivity contribution is -0.119. The van der Waals surface area contributed by atoms with Crippen LogP contribution in [0.15, 0.2) is 59.8 Å². The fourth-order valence-electron chi connectivity index (χ4n) is 5.72. The Kier molecular flexibility index (Phi) is 12.6. The molecular formula is C39H39ClF5N5O7S. The number of carbonyl (C=O) groups excluding carboxylic acids is 2. The number of aromatic nitrogens is 2. The number of carboxylic acid groups (broad SMARTS) is 1. The zero-order chi connectivity index (χ0) is 43.1. The van der Waals surface area contributed by atoms with Crippen molar-refractivity contribution < 1.29 is 54.6 Å². The number of sulfonamides is 1. The number of ether oxygens (including phenoxy) is 1. The molecular weight excluding hydrogens is 813 g/mol. The van der Waals surface area contributed by atoms with Crippen molar-refractivity contribution in [1.82, 2.24) is 14.3 Å². The minimum Gasteiger partial charge on any atom is -0.464 e. The number of amides is 3. The van der Waals surface area contributed by atoms with E-state index in [0.29, 0.717) is 5.56 Å². The molecule has 1 aromatic heterocycles. The molecule has 310 valence electrons. The second-order valence-electron chi connectivity index (χ2n) is 15.6. The Morgan fingerprint density at radius 3 is 1.88 bits per heavy atom. The Morgan fingerprint density at radius 2 is 1.38 bits per heavy atom. The molecule has 5 rings (SSSR count). The number of halogens is 6. The van der Waals surface area contributed by atoms with Crippen molar-refractivity contribution in [3.05, 3.63) is 111 Å². The molecule has 1 aliphatic rings. The molecule has 0 spiro atoms. The molecule has 0 bridgehead atoms. The second-order valence-corrected chi connectivity index (χ2v) is 17.9. The summed E-state index contributed by atoms with van der Waals surface area (Å²) in [5, 5.41) is 10.0. The van der Waals surface area contributed by atoms with Gasteiger partial charge in [0.2, 0.25) is 27.7 Å². The third-order valence-electron chi connectivity index (χ3n) is 8.83. The standard InChI is InChI=1S/C39H39ClF5N5O7S/c1-38(2,3)25-14-22(13-24(15-25)23-9-10-23)19-49(27-16-46-35(47-17-27)50(36(52)53)37(54)57-39(4,5)6)28(51)20-48(18-21-7-11-26(40)12-8-21)58(55,56)34-32(44)30(42)29(41)31(43)33(34)45/h7-8,11-17,23H,9-10,18-20H2,1-6H3,(H,52,53). The molecule has 0 radical (unpaired) electrons. The highest BCUT2D eigenvalue weighted by molar-refractivity contribution is 7.89. The van der Waals surface area contributed by atoms with Gasteiger partial charge in [-0.15, -0.1) is 4.90 Å². The molecule has 0 unspecified atom stereocenters. The van der Waals surface area contributed by atoms with Crippen LogP contribution in [-0.4, -0.2) is 58.0 Å². The summed E-state index contributed by atoms with van der Waals surface area (Å²) in [7, 11) is -5.70. The van der Waals surface area contributed by atoms with Gasteiger partial charge < -0.3 is 14.7 Å². The summed E-state index contributed by atoms with van der Waals surface area (Å²) < 4.78 is 106. The molecule has 3 aromatic carbocycles. The van der Waals surface area contributed by atoms with Crippen LogP contribution in [-0.2, 0) is 38.1 Å². The van der Waals surface area contributed by atoms with Gasteiger partial charge in [0.15, 0.2) is 28.2 Å². The normalized spacial score (nSPS) is 13.4. The Labute approximate surface area is 336 Å². The molecule has 1 aliphatic carbocycles. The van der Waals surface area contributed by atoms with Crippen molar-refractivity contribution >= 4 is 51.4 Å². The number of carbonyl (C=O) groups is 3. The van der Waals surface area contributed by atoms with Gasteiger partial charge in [-0.25, -0.2) is 49.9 Å². The summed E-state index contributed by atoms with van der Waals surface area (Å²) in [5.74, 6) is -14.4. The van der Waals surface area contributed by atoms with Gasteiger partial charge in [0.25, 0.3) is 0 Å². The first-order valence-electron chi connectivity index (χ1n) is 17.7. The van der Waals surface area contributed by atoms with Crippen LogP contribution >= 0.6 is 11.6 Å². The highest BCUT2D eigenvalue weighted by Crippen LogP contribution is 2.42. The van der Waals surface area contributed by atoms with E-state index in [4.69, 9.17) is 16.3 Å². The lowest BCUT2D eigenvalue weighted by Crippen LogP contribution is -2.43. The van der Waals surface area contributed by atoms with Gasteiger partial charge in [-0.3, -0.25) is 4.79 Å². The molecule has 1 fully saturated rings. The first-order valence-corrected chi connectivity index (χ1v) is 19.5. The largest absolute Gasteiger partial charge is 0.464 e. The zero-order valence-electron chi connectivity index (χ0n) is 32.1. The summed E-state index contributed by atoms with van der Waals surface area (Å²) in [5.41, 5.74) is 0.930.